The van der Waals surface area contributed by atoms with Crippen molar-refractivity contribution in [1.29, 1.82) is 0 Å². The average molecular weight is 678 g/mol. The van der Waals surface area contributed by atoms with Gasteiger partial charge in [0.25, 0.3) is 5.91 Å². The first-order valence-corrected chi connectivity index (χ1v) is 17.1. The number of hydrogen-bond donors (Lipinski definition) is 1. The summed E-state index contributed by atoms with van der Waals surface area (Å²) < 4.78 is 19.6. The number of aliphatic hydroxyl groups excluding tert-OH is 1. The number of methoxy groups -OCH3 is 1. The lowest BCUT2D eigenvalue weighted by Gasteiger charge is -2.38. The molecule has 1 N–H and O–H groups in total. The minimum atomic E-state index is -1.31. The molecule has 1 aromatic heterocycles. The fraction of sp³-hybridized carbons (Fsp3) is 0.385. The van der Waals surface area contributed by atoms with Crippen molar-refractivity contribution in [2.75, 3.05) is 36.6 Å². The van der Waals surface area contributed by atoms with Gasteiger partial charge in [0.2, 0.25) is 0 Å². The van der Waals surface area contributed by atoms with Crippen molar-refractivity contribution in [2.24, 2.45) is 11.8 Å². The third kappa shape index (κ3) is 5.45. The maximum atomic E-state index is 14.8. The van der Waals surface area contributed by atoms with Crippen LogP contribution in [0.5, 0.6) is 5.75 Å². The molecule has 3 aliphatic heterocycles. The van der Waals surface area contributed by atoms with Crippen molar-refractivity contribution in [3.05, 3.63) is 114 Å². The summed E-state index contributed by atoms with van der Waals surface area (Å²) in [5.74, 6) is 0.210. The number of benzene rings is 3. The van der Waals surface area contributed by atoms with E-state index in [-0.39, 0.29) is 23.8 Å². The number of aromatic nitrogens is 3. The predicted octanol–water partition coefficient (Wildman–Crippen LogP) is 5.77. The third-order valence-electron chi connectivity index (χ3n) is 10.8. The van der Waals surface area contributed by atoms with Crippen LogP contribution >= 0.6 is 0 Å². The molecule has 4 aromatic rings. The van der Waals surface area contributed by atoms with E-state index in [1.807, 2.05) is 60.7 Å². The van der Waals surface area contributed by atoms with Crippen LogP contribution in [0.15, 0.2) is 91.6 Å². The minimum absolute atomic E-state index is 0.130. The van der Waals surface area contributed by atoms with E-state index in [9.17, 15) is 14.7 Å². The molecule has 2 fully saturated rings. The van der Waals surface area contributed by atoms with Crippen LogP contribution in [-0.2, 0) is 31.8 Å². The Morgan fingerprint density at radius 1 is 1.12 bits per heavy atom. The van der Waals surface area contributed by atoms with Gasteiger partial charge in [-0.1, -0.05) is 74.5 Å². The van der Waals surface area contributed by atoms with E-state index in [2.05, 4.69) is 49.8 Å². The molecule has 11 nitrogen and oxygen atoms in total. The topological polar surface area (TPSA) is 119 Å². The number of nitrogens with zero attached hydrogens (tertiary/aromatic N) is 5. The van der Waals surface area contributed by atoms with Gasteiger partial charge in [-0.15, -0.1) is 11.7 Å². The Labute approximate surface area is 292 Å². The second-order valence-electron chi connectivity index (χ2n) is 13.8. The summed E-state index contributed by atoms with van der Waals surface area (Å²) in [5, 5.41) is 19.6. The number of hydrogen-bond acceptors (Lipinski definition) is 8. The first-order chi connectivity index (χ1) is 24.1. The summed E-state index contributed by atoms with van der Waals surface area (Å²) in [6.45, 7) is 11.9. The lowest BCUT2D eigenvalue weighted by atomic mass is 9.63. The van der Waals surface area contributed by atoms with Crippen molar-refractivity contribution < 1.29 is 28.9 Å². The summed E-state index contributed by atoms with van der Waals surface area (Å²) in [6.07, 6.45) is 2.32. The van der Waals surface area contributed by atoms with Crippen LogP contribution in [0.4, 0.5) is 16.2 Å². The quantitative estimate of drug-likeness (QED) is 0.199. The van der Waals surface area contributed by atoms with Crippen LogP contribution in [0.25, 0.3) is 0 Å². The van der Waals surface area contributed by atoms with E-state index in [0.717, 1.165) is 28.1 Å². The molecule has 11 heteroatoms. The van der Waals surface area contributed by atoms with Crippen LogP contribution in [0.3, 0.4) is 0 Å². The number of aryl methyl sites for hydroxylation is 1. The molecule has 0 aliphatic carbocycles. The van der Waals surface area contributed by atoms with Crippen LogP contribution in [0.1, 0.15) is 55.7 Å². The zero-order chi connectivity index (χ0) is 35.2. The van der Waals surface area contributed by atoms with Crippen molar-refractivity contribution >= 4 is 23.4 Å². The summed E-state index contributed by atoms with van der Waals surface area (Å²) in [6, 6.07) is 23.1. The number of carbonyl (C=O) groups is 2. The first kappa shape index (κ1) is 33.5. The molecule has 0 bridgehead atoms. The number of cyclic esters (lactones) is 1. The van der Waals surface area contributed by atoms with E-state index in [1.165, 1.54) is 0 Å². The van der Waals surface area contributed by atoms with Crippen LogP contribution in [0, 0.1) is 11.8 Å². The van der Waals surface area contributed by atoms with Gasteiger partial charge < -0.3 is 24.2 Å². The normalized spacial score (nSPS) is 23.7. The van der Waals surface area contributed by atoms with Crippen LogP contribution < -0.4 is 14.5 Å². The predicted molar refractivity (Wildman–Crippen MR) is 188 cm³/mol. The molecule has 260 valence electrons. The highest BCUT2D eigenvalue weighted by Gasteiger charge is 2.66. The van der Waals surface area contributed by atoms with Gasteiger partial charge in [0.15, 0.2) is 5.60 Å². The number of anilines is 2. The SMILES string of the molecule is C=CCN1C(=O)[C@]2(O[C@H](CCn3cc([C@H](O)c4ccccc4)nn3)[C@@H](C(C)(C)c3ccc(OC)cc3)[C@@H]2C)c2cc(N3CCOC3=O)ccc21. The number of aliphatic hydroxyl groups is 1. The monoisotopic (exact) mass is 677 g/mol. The van der Waals surface area contributed by atoms with Crippen molar-refractivity contribution in [3.8, 4) is 5.75 Å². The maximum Gasteiger partial charge on any atom is 0.414 e. The van der Waals surface area contributed by atoms with Crippen LogP contribution in [-0.4, -0.2) is 65.0 Å². The molecule has 0 unspecified atom stereocenters. The van der Waals surface area contributed by atoms with Gasteiger partial charge in [-0.3, -0.25) is 14.4 Å². The van der Waals surface area contributed by atoms with E-state index in [1.54, 1.807) is 33.9 Å². The Hall–Kier alpha value is -5.00. The molecule has 50 heavy (non-hydrogen) atoms. The van der Waals surface area contributed by atoms with E-state index in [0.29, 0.717) is 44.0 Å². The molecular formula is C39H43N5O6. The lowest BCUT2D eigenvalue weighted by molar-refractivity contribution is -0.146. The molecule has 2 saturated heterocycles. The summed E-state index contributed by atoms with van der Waals surface area (Å²) >= 11 is 0. The Kier molecular flexibility index (Phi) is 8.73. The number of rotatable bonds is 11. The summed E-state index contributed by atoms with van der Waals surface area (Å²) in [5.41, 5.74) is 2.68. The standard InChI is InChI=1S/C39H43N5O6/c1-6-19-44-32-17-14-28(43-21-22-49-37(43)47)23-30(32)39(36(44)46)25(2)34(38(3,4)27-12-15-29(48-5)16-13-27)33(50-39)18-20-42-24-31(40-41-42)35(45)26-10-8-7-9-11-26/h6-17,23-25,33-35,45H,1,18-22H2,2-5H3/t25-,33+,34-,35+,39+/m0/s1. The minimum Gasteiger partial charge on any atom is -0.497 e. The van der Waals surface area contributed by atoms with Gasteiger partial charge in [-0.2, -0.15) is 0 Å². The van der Waals surface area contributed by atoms with Crippen LogP contribution in [0.2, 0.25) is 0 Å². The fourth-order valence-corrected chi connectivity index (χ4v) is 8.29. The Bertz CT molecular complexity index is 1890. The second-order valence-corrected chi connectivity index (χ2v) is 13.8. The third-order valence-corrected chi connectivity index (χ3v) is 10.8. The Morgan fingerprint density at radius 3 is 2.56 bits per heavy atom. The molecule has 2 amide bonds. The fourth-order valence-electron chi connectivity index (χ4n) is 8.29. The molecule has 3 aliphatic rings. The maximum absolute atomic E-state index is 14.8. The number of carbonyl (C=O) groups excluding carboxylic acids is 2. The van der Waals surface area contributed by atoms with Gasteiger partial charge in [0.05, 0.1) is 31.6 Å². The molecule has 3 aromatic carbocycles. The first-order valence-electron chi connectivity index (χ1n) is 17.1. The second kappa shape index (κ2) is 13.0. The van der Waals surface area contributed by atoms with Crippen molar-refractivity contribution in [2.45, 2.75) is 57.0 Å². The number of amides is 2. The highest BCUT2D eigenvalue weighted by atomic mass is 16.6. The zero-order valence-electron chi connectivity index (χ0n) is 28.9. The molecule has 0 saturated carbocycles. The molecule has 5 atom stereocenters. The van der Waals surface area contributed by atoms with Gasteiger partial charge in [-0.25, -0.2) is 4.79 Å². The van der Waals surface area contributed by atoms with Gasteiger partial charge in [0.1, 0.15) is 24.2 Å². The smallest absolute Gasteiger partial charge is 0.414 e. The number of fused-ring (bicyclic) bond motifs is 2. The number of ether oxygens (including phenoxy) is 3. The highest BCUT2D eigenvalue weighted by Crippen LogP contribution is 2.60. The summed E-state index contributed by atoms with van der Waals surface area (Å²) in [4.78, 5) is 30.7. The van der Waals surface area contributed by atoms with Gasteiger partial charge in [-0.05, 0) is 53.3 Å². The van der Waals surface area contributed by atoms with E-state index >= 15 is 0 Å². The van der Waals surface area contributed by atoms with Gasteiger partial charge in [0, 0.05) is 36.2 Å². The van der Waals surface area contributed by atoms with Crippen molar-refractivity contribution in [3.63, 3.8) is 0 Å². The summed E-state index contributed by atoms with van der Waals surface area (Å²) in [7, 11) is 1.65. The largest absolute Gasteiger partial charge is 0.497 e. The molecule has 0 radical (unpaired) electrons. The molecule has 4 heterocycles. The molecular weight excluding hydrogens is 634 g/mol. The van der Waals surface area contributed by atoms with Crippen molar-refractivity contribution in [1.82, 2.24) is 15.0 Å². The molecule has 1 spiro atoms. The zero-order valence-corrected chi connectivity index (χ0v) is 28.9. The Balaban J connectivity index is 1.27. The van der Waals surface area contributed by atoms with Gasteiger partial charge >= 0.3 is 6.09 Å². The van der Waals surface area contributed by atoms with E-state index in [4.69, 9.17) is 14.2 Å². The Morgan fingerprint density at radius 2 is 1.88 bits per heavy atom. The highest BCUT2D eigenvalue weighted by molar-refractivity contribution is 6.08. The lowest BCUT2D eigenvalue weighted by Crippen LogP contribution is -2.46. The average Bonchev–Trinajstić information content (AvgIpc) is 3.90. The van der Waals surface area contributed by atoms with E-state index < -0.39 is 23.2 Å². The molecule has 7 rings (SSSR count).